The van der Waals surface area contributed by atoms with Crippen molar-refractivity contribution in [3.8, 4) is 0 Å². The summed E-state index contributed by atoms with van der Waals surface area (Å²) < 4.78 is 12.8. The quantitative estimate of drug-likeness (QED) is 0.852. The van der Waals surface area contributed by atoms with Gasteiger partial charge in [-0.05, 0) is 30.7 Å². The fraction of sp³-hybridized carbons (Fsp3) is 0.333. The van der Waals surface area contributed by atoms with E-state index in [1.54, 1.807) is 21.0 Å². The van der Waals surface area contributed by atoms with E-state index in [2.05, 4.69) is 5.32 Å². The van der Waals surface area contributed by atoms with Crippen molar-refractivity contribution in [1.82, 2.24) is 10.2 Å². The lowest BCUT2D eigenvalue weighted by atomic mass is 10.1. The molecule has 0 saturated heterocycles. The Balaban J connectivity index is 2.68. The molecule has 2 amide bonds. The minimum atomic E-state index is -0.386. The number of carbonyl (C=O) groups excluding carboxylic acids is 2. The van der Waals surface area contributed by atoms with Crippen LogP contribution in [0.15, 0.2) is 18.2 Å². The molecule has 17 heavy (non-hydrogen) atoms. The maximum Gasteiger partial charge on any atom is 0.251 e. The van der Waals surface area contributed by atoms with Crippen LogP contribution in [0.3, 0.4) is 0 Å². The van der Waals surface area contributed by atoms with E-state index in [9.17, 15) is 14.0 Å². The highest BCUT2D eigenvalue weighted by atomic mass is 19.1. The monoisotopic (exact) mass is 238 g/mol. The van der Waals surface area contributed by atoms with Gasteiger partial charge in [-0.25, -0.2) is 4.39 Å². The topological polar surface area (TPSA) is 49.4 Å². The Hall–Kier alpha value is -1.91. The van der Waals surface area contributed by atoms with E-state index in [-0.39, 0.29) is 24.2 Å². The lowest BCUT2D eigenvalue weighted by Crippen LogP contribution is -2.36. The summed E-state index contributed by atoms with van der Waals surface area (Å²) in [5, 5.41) is 2.49. The minimum absolute atomic E-state index is 0.0668. The van der Waals surface area contributed by atoms with Gasteiger partial charge < -0.3 is 10.2 Å². The first-order valence-corrected chi connectivity index (χ1v) is 5.16. The Morgan fingerprint density at radius 3 is 2.53 bits per heavy atom. The molecule has 0 aliphatic carbocycles. The van der Waals surface area contributed by atoms with E-state index in [1.165, 1.54) is 23.1 Å². The maximum absolute atomic E-state index is 12.8. The number of hydrogen-bond donors (Lipinski definition) is 1. The van der Waals surface area contributed by atoms with Gasteiger partial charge in [-0.2, -0.15) is 0 Å². The third-order valence-corrected chi connectivity index (χ3v) is 2.33. The van der Waals surface area contributed by atoms with Crippen LogP contribution in [0.1, 0.15) is 15.9 Å². The molecule has 5 heteroatoms. The predicted molar refractivity (Wildman–Crippen MR) is 62.2 cm³/mol. The normalized spacial score (nSPS) is 9.88. The van der Waals surface area contributed by atoms with Crippen LogP contribution < -0.4 is 5.32 Å². The number of nitrogens with zero attached hydrogens (tertiary/aromatic N) is 1. The zero-order chi connectivity index (χ0) is 13.0. The fourth-order valence-corrected chi connectivity index (χ4v) is 1.29. The first-order chi connectivity index (χ1) is 7.91. The summed E-state index contributed by atoms with van der Waals surface area (Å²) in [6.07, 6.45) is 0. The van der Waals surface area contributed by atoms with E-state index < -0.39 is 0 Å². The number of nitrogens with one attached hydrogen (secondary N) is 1. The molecule has 0 unspecified atom stereocenters. The zero-order valence-corrected chi connectivity index (χ0v) is 10.1. The Bertz CT molecular complexity index is 444. The van der Waals surface area contributed by atoms with Gasteiger partial charge >= 0.3 is 0 Å². The van der Waals surface area contributed by atoms with Crippen LogP contribution in [0.4, 0.5) is 4.39 Å². The summed E-state index contributed by atoms with van der Waals surface area (Å²) in [5.41, 5.74) is 0.915. The summed E-state index contributed by atoms with van der Waals surface area (Å²) >= 11 is 0. The number of aryl methyl sites for hydroxylation is 1. The first kappa shape index (κ1) is 13.2. The summed E-state index contributed by atoms with van der Waals surface area (Å²) in [6, 6.07) is 3.90. The lowest BCUT2D eigenvalue weighted by Gasteiger charge is -2.11. The Kier molecular flexibility index (Phi) is 4.20. The smallest absolute Gasteiger partial charge is 0.251 e. The van der Waals surface area contributed by atoms with Crippen LogP contribution in [-0.2, 0) is 4.79 Å². The molecule has 0 aliphatic rings. The third kappa shape index (κ3) is 3.55. The molecule has 0 aliphatic heterocycles. The molecule has 0 bridgehead atoms. The van der Waals surface area contributed by atoms with Crippen molar-refractivity contribution in [2.24, 2.45) is 0 Å². The standard InChI is InChI=1S/C12H15FN2O2/c1-8-6-9(13)4-5-10(8)12(17)14-7-11(16)15(2)3/h4-6H,7H2,1-3H3,(H,14,17). The molecular weight excluding hydrogens is 223 g/mol. The number of hydrogen-bond acceptors (Lipinski definition) is 2. The van der Waals surface area contributed by atoms with E-state index in [0.29, 0.717) is 11.1 Å². The van der Waals surface area contributed by atoms with Gasteiger partial charge in [-0.15, -0.1) is 0 Å². The number of halogens is 1. The van der Waals surface area contributed by atoms with Gasteiger partial charge in [0.15, 0.2) is 0 Å². The van der Waals surface area contributed by atoms with E-state index in [4.69, 9.17) is 0 Å². The van der Waals surface area contributed by atoms with Gasteiger partial charge in [0.05, 0.1) is 6.54 Å². The maximum atomic E-state index is 12.8. The van der Waals surface area contributed by atoms with Crippen molar-refractivity contribution in [3.63, 3.8) is 0 Å². The van der Waals surface area contributed by atoms with Gasteiger partial charge in [0.1, 0.15) is 5.82 Å². The summed E-state index contributed by atoms with van der Waals surface area (Å²) in [7, 11) is 3.22. The summed E-state index contributed by atoms with van der Waals surface area (Å²) in [4.78, 5) is 24.4. The second-order valence-corrected chi connectivity index (χ2v) is 3.93. The van der Waals surface area contributed by atoms with Crippen molar-refractivity contribution >= 4 is 11.8 Å². The molecule has 0 aromatic heterocycles. The number of rotatable bonds is 3. The van der Waals surface area contributed by atoms with Gasteiger partial charge in [-0.1, -0.05) is 0 Å². The van der Waals surface area contributed by atoms with Gasteiger partial charge in [0.25, 0.3) is 5.91 Å². The molecular formula is C12H15FN2O2. The van der Waals surface area contributed by atoms with Crippen molar-refractivity contribution < 1.29 is 14.0 Å². The Morgan fingerprint density at radius 2 is 2.00 bits per heavy atom. The second kappa shape index (κ2) is 5.43. The van der Waals surface area contributed by atoms with Gasteiger partial charge in [0.2, 0.25) is 5.91 Å². The SMILES string of the molecule is Cc1cc(F)ccc1C(=O)NCC(=O)N(C)C. The largest absolute Gasteiger partial charge is 0.347 e. The average molecular weight is 238 g/mol. The van der Waals surface area contributed by atoms with Crippen LogP contribution >= 0.6 is 0 Å². The summed E-state index contributed by atoms with van der Waals surface area (Å²) in [5.74, 6) is -0.959. The molecule has 0 fully saturated rings. The van der Waals surface area contributed by atoms with E-state index in [0.717, 1.165) is 0 Å². The molecule has 1 aromatic carbocycles. The van der Waals surface area contributed by atoms with Gasteiger partial charge in [-0.3, -0.25) is 9.59 Å². The van der Waals surface area contributed by atoms with Gasteiger partial charge in [0, 0.05) is 19.7 Å². The van der Waals surface area contributed by atoms with E-state index in [1.807, 2.05) is 0 Å². The average Bonchev–Trinajstić information content (AvgIpc) is 2.25. The summed E-state index contributed by atoms with van der Waals surface area (Å²) in [6.45, 7) is 1.58. The molecule has 0 spiro atoms. The molecule has 92 valence electrons. The molecule has 0 heterocycles. The van der Waals surface area contributed by atoms with Crippen LogP contribution in [0, 0.1) is 12.7 Å². The van der Waals surface area contributed by atoms with Crippen LogP contribution in [0.2, 0.25) is 0 Å². The fourth-order valence-electron chi connectivity index (χ4n) is 1.29. The lowest BCUT2D eigenvalue weighted by molar-refractivity contribution is -0.127. The van der Waals surface area contributed by atoms with Crippen LogP contribution in [0.5, 0.6) is 0 Å². The Morgan fingerprint density at radius 1 is 1.35 bits per heavy atom. The number of amides is 2. The molecule has 0 atom stereocenters. The molecule has 1 rings (SSSR count). The number of benzene rings is 1. The van der Waals surface area contributed by atoms with Crippen LogP contribution in [0.25, 0.3) is 0 Å². The first-order valence-electron chi connectivity index (χ1n) is 5.16. The number of carbonyl (C=O) groups is 2. The highest BCUT2D eigenvalue weighted by Crippen LogP contribution is 2.09. The zero-order valence-electron chi connectivity index (χ0n) is 10.1. The van der Waals surface area contributed by atoms with E-state index >= 15 is 0 Å². The van der Waals surface area contributed by atoms with Crippen molar-refractivity contribution in [3.05, 3.63) is 35.1 Å². The number of likely N-dealkylation sites (N-methyl/N-ethyl adjacent to an activating group) is 1. The highest BCUT2D eigenvalue weighted by molar-refractivity contribution is 5.97. The molecule has 1 aromatic rings. The highest BCUT2D eigenvalue weighted by Gasteiger charge is 2.11. The minimum Gasteiger partial charge on any atom is -0.347 e. The van der Waals surface area contributed by atoms with Crippen molar-refractivity contribution in [2.45, 2.75) is 6.92 Å². The van der Waals surface area contributed by atoms with Crippen LogP contribution in [-0.4, -0.2) is 37.4 Å². The Labute approximate surface area is 99.4 Å². The molecule has 0 saturated carbocycles. The molecule has 0 radical (unpaired) electrons. The predicted octanol–water partition coefficient (Wildman–Crippen LogP) is 0.952. The van der Waals surface area contributed by atoms with Crippen molar-refractivity contribution in [1.29, 1.82) is 0 Å². The molecule has 1 N–H and O–H groups in total. The third-order valence-electron chi connectivity index (χ3n) is 2.33. The second-order valence-electron chi connectivity index (χ2n) is 3.93. The molecule has 4 nitrogen and oxygen atoms in total. The van der Waals surface area contributed by atoms with Crippen molar-refractivity contribution in [2.75, 3.05) is 20.6 Å².